The van der Waals surface area contributed by atoms with Crippen LogP contribution in [0.5, 0.6) is 0 Å². The van der Waals surface area contributed by atoms with Crippen LogP contribution in [-0.2, 0) is 9.53 Å². The summed E-state index contributed by atoms with van der Waals surface area (Å²) in [6.45, 7) is 2.71. The van der Waals surface area contributed by atoms with E-state index in [0.29, 0.717) is 10.7 Å². The lowest BCUT2D eigenvalue weighted by molar-refractivity contribution is -0.116. The number of hydrogen-bond donors (Lipinski definition) is 1. The topological polar surface area (TPSA) is 81.2 Å². The number of anilines is 1. The maximum atomic E-state index is 12.1. The van der Waals surface area contributed by atoms with Crippen molar-refractivity contribution in [3.8, 4) is 0 Å². The van der Waals surface area contributed by atoms with Crippen LogP contribution < -0.4 is 5.32 Å². The van der Waals surface area contributed by atoms with E-state index in [2.05, 4.69) is 15.5 Å². The Morgan fingerprint density at radius 2 is 2.04 bits per heavy atom. The molecule has 1 fully saturated rings. The molecule has 3 rings (SSSR count). The van der Waals surface area contributed by atoms with Crippen LogP contribution in [0.15, 0.2) is 24.3 Å². The molecule has 1 saturated heterocycles. The summed E-state index contributed by atoms with van der Waals surface area (Å²) in [5.74, 6) is -0.270. The Labute approximate surface area is 144 Å². The third kappa shape index (κ3) is 4.24. The standard InChI is InChI=1S/C17H19N3O3S/c1-11-4-6-12(7-5-11)13(21)8-9-15(22)18-17-20-19-16(24-17)14-3-2-10-23-14/h4-7,14H,2-3,8-10H2,1H3,(H,18,20,22). The van der Waals surface area contributed by atoms with Gasteiger partial charge in [0.25, 0.3) is 0 Å². The Balaban J connectivity index is 1.48. The number of carbonyl (C=O) groups is 2. The van der Waals surface area contributed by atoms with Gasteiger partial charge in [0, 0.05) is 25.0 Å². The van der Waals surface area contributed by atoms with Crippen LogP contribution >= 0.6 is 11.3 Å². The first-order valence-corrected chi connectivity index (χ1v) is 8.78. The summed E-state index contributed by atoms with van der Waals surface area (Å²) in [4.78, 5) is 24.0. The highest BCUT2D eigenvalue weighted by Gasteiger charge is 2.22. The molecule has 1 N–H and O–H groups in total. The Kier molecular flexibility index (Phi) is 5.32. The number of aryl methyl sites for hydroxylation is 1. The molecule has 126 valence electrons. The van der Waals surface area contributed by atoms with E-state index in [-0.39, 0.29) is 30.6 Å². The molecule has 6 nitrogen and oxygen atoms in total. The molecule has 1 atom stereocenters. The maximum absolute atomic E-state index is 12.1. The molecule has 0 spiro atoms. The number of nitrogens with one attached hydrogen (secondary N) is 1. The molecule has 2 aromatic rings. The number of benzene rings is 1. The van der Waals surface area contributed by atoms with E-state index in [1.165, 1.54) is 11.3 Å². The predicted octanol–water partition coefficient (Wildman–Crippen LogP) is 3.30. The summed E-state index contributed by atoms with van der Waals surface area (Å²) in [6, 6.07) is 7.35. The fraction of sp³-hybridized carbons (Fsp3) is 0.412. The molecular formula is C17H19N3O3S. The average Bonchev–Trinajstić information content (AvgIpc) is 3.24. The summed E-state index contributed by atoms with van der Waals surface area (Å²) < 4.78 is 5.54. The zero-order chi connectivity index (χ0) is 16.9. The number of ketones is 1. The van der Waals surface area contributed by atoms with Gasteiger partial charge in [-0.3, -0.25) is 9.59 Å². The Morgan fingerprint density at radius 3 is 2.75 bits per heavy atom. The van der Waals surface area contributed by atoms with Gasteiger partial charge < -0.3 is 10.1 Å². The summed E-state index contributed by atoms with van der Waals surface area (Å²) in [6.07, 6.45) is 2.26. The van der Waals surface area contributed by atoms with E-state index >= 15 is 0 Å². The van der Waals surface area contributed by atoms with Gasteiger partial charge in [0.05, 0.1) is 0 Å². The first kappa shape index (κ1) is 16.7. The van der Waals surface area contributed by atoms with Crippen molar-refractivity contribution in [3.05, 3.63) is 40.4 Å². The minimum atomic E-state index is -0.231. The van der Waals surface area contributed by atoms with Crippen molar-refractivity contribution in [1.82, 2.24) is 10.2 Å². The second kappa shape index (κ2) is 7.63. The zero-order valence-electron chi connectivity index (χ0n) is 13.4. The Bertz CT molecular complexity index is 721. The molecule has 1 aliphatic rings. The highest BCUT2D eigenvalue weighted by molar-refractivity contribution is 7.15. The smallest absolute Gasteiger partial charge is 0.226 e. The lowest BCUT2D eigenvalue weighted by Gasteiger charge is -2.03. The first-order valence-electron chi connectivity index (χ1n) is 7.96. The van der Waals surface area contributed by atoms with Crippen molar-refractivity contribution >= 4 is 28.2 Å². The summed E-state index contributed by atoms with van der Waals surface area (Å²) in [7, 11) is 0. The molecule has 1 amide bonds. The van der Waals surface area contributed by atoms with Crippen LogP contribution in [-0.4, -0.2) is 28.5 Å². The van der Waals surface area contributed by atoms with E-state index in [9.17, 15) is 9.59 Å². The van der Waals surface area contributed by atoms with Crippen molar-refractivity contribution in [2.45, 2.75) is 38.7 Å². The normalized spacial score (nSPS) is 17.0. The van der Waals surface area contributed by atoms with Crippen LogP contribution in [0.25, 0.3) is 0 Å². The van der Waals surface area contributed by atoms with Gasteiger partial charge in [-0.2, -0.15) is 0 Å². The van der Waals surface area contributed by atoms with Crippen LogP contribution in [0.4, 0.5) is 5.13 Å². The second-order valence-corrected chi connectivity index (χ2v) is 6.79. The second-order valence-electron chi connectivity index (χ2n) is 5.78. The SMILES string of the molecule is Cc1ccc(C(=O)CCC(=O)Nc2nnc(C3CCCO3)s2)cc1. The van der Waals surface area contributed by atoms with Crippen LogP contribution in [0, 0.1) is 6.92 Å². The van der Waals surface area contributed by atoms with E-state index in [1.807, 2.05) is 19.1 Å². The molecule has 1 aromatic heterocycles. The minimum absolute atomic E-state index is 0.00346. The van der Waals surface area contributed by atoms with Crippen molar-refractivity contribution in [1.29, 1.82) is 0 Å². The van der Waals surface area contributed by atoms with Gasteiger partial charge >= 0.3 is 0 Å². The molecule has 0 radical (unpaired) electrons. The van der Waals surface area contributed by atoms with Gasteiger partial charge in [-0.05, 0) is 19.8 Å². The predicted molar refractivity (Wildman–Crippen MR) is 91.2 cm³/mol. The van der Waals surface area contributed by atoms with Crippen LogP contribution in [0.2, 0.25) is 0 Å². The van der Waals surface area contributed by atoms with Crippen molar-refractivity contribution in [2.24, 2.45) is 0 Å². The molecule has 7 heteroatoms. The summed E-state index contributed by atoms with van der Waals surface area (Å²) in [5.41, 5.74) is 1.73. The molecule has 1 aliphatic heterocycles. The number of ether oxygens (including phenoxy) is 1. The monoisotopic (exact) mass is 345 g/mol. The van der Waals surface area contributed by atoms with Gasteiger partial charge in [0.15, 0.2) is 5.78 Å². The van der Waals surface area contributed by atoms with E-state index in [4.69, 9.17) is 4.74 Å². The number of hydrogen-bond acceptors (Lipinski definition) is 6. The number of amides is 1. The van der Waals surface area contributed by atoms with Gasteiger partial charge in [0.2, 0.25) is 11.0 Å². The van der Waals surface area contributed by atoms with Crippen molar-refractivity contribution < 1.29 is 14.3 Å². The number of rotatable bonds is 6. The first-order chi connectivity index (χ1) is 11.6. The fourth-order valence-electron chi connectivity index (χ4n) is 2.48. The lowest BCUT2D eigenvalue weighted by Crippen LogP contribution is -2.13. The lowest BCUT2D eigenvalue weighted by atomic mass is 10.1. The zero-order valence-corrected chi connectivity index (χ0v) is 14.3. The molecule has 1 aromatic carbocycles. The molecule has 0 saturated carbocycles. The molecule has 1 unspecified atom stereocenters. The third-order valence-corrected chi connectivity index (χ3v) is 4.78. The average molecular weight is 345 g/mol. The Hall–Kier alpha value is -2.12. The summed E-state index contributed by atoms with van der Waals surface area (Å²) >= 11 is 1.33. The van der Waals surface area contributed by atoms with E-state index in [1.54, 1.807) is 12.1 Å². The van der Waals surface area contributed by atoms with Gasteiger partial charge in [-0.1, -0.05) is 41.2 Å². The third-order valence-electron chi connectivity index (χ3n) is 3.84. The van der Waals surface area contributed by atoms with E-state index < -0.39 is 0 Å². The molecule has 0 aliphatic carbocycles. The fourth-order valence-corrected chi connectivity index (χ4v) is 3.32. The molecular weight excluding hydrogens is 326 g/mol. The van der Waals surface area contributed by atoms with Crippen molar-refractivity contribution in [3.63, 3.8) is 0 Å². The highest BCUT2D eigenvalue weighted by Crippen LogP contribution is 2.31. The largest absolute Gasteiger partial charge is 0.371 e. The van der Waals surface area contributed by atoms with Crippen LogP contribution in [0.3, 0.4) is 0 Å². The summed E-state index contributed by atoms with van der Waals surface area (Å²) in [5, 5.41) is 12.0. The molecule has 0 bridgehead atoms. The number of carbonyl (C=O) groups excluding carboxylic acids is 2. The van der Waals surface area contributed by atoms with Crippen LogP contribution in [0.1, 0.15) is 52.7 Å². The maximum Gasteiger partial charge on any atom is 0.226 e. The Morgan fingerprint density at radius 1 is 1.25 bits per heavy atom. The number of nitrogens with zero attached hydrogens (tertiary/aromatic N) is 2. The number of Topliss-reactive ketones (excluding diaryl/α,β-unsaturated/α-hetero) is 1. The van der Waals surface area contributed by atoms with E-state index in [0.717, 1.165) is 30.0 Å². The molecule has 2 heterocycles. The highest BCUT2D eigenvalue weighted by atomic mass is 32.1. The van der Waals surface area contributed by atoms with Gasteiger partial charge in [-0.15, -0.1) is 10.2 Å². The van der Waals surface area contributed by atoms with Gasteiger partial charge in [0.1, 0.15) is 11.1 Å². The quantitative estimate of drug-likeness (QED) is 0.813. The molecule has 24 heavy (non-hydrogen) atoms. The van der Waals surface area contributed by atoms with Gasteiger partial charge in [-0.25, -0.2) is 0 Å². The number of aromatic nitrogens is 2. The van der Waals surface area contributed by atoms with Crippen molar-refractivity contribution in [2.75, 3.05) is 11.9 Å². The minimum Gasteiger partial charge on any atom is -0.371 e.